The summed E-state index contributed by atoms with van der Waals surface area (Å²) in [5.74, 6) is 0.0375. The minimum atomic E-state index is -0.0692. The molecule has 0 spiro atoms. The molecule has 0 saturated heterocycles. The van der Waals surface area contributed by atoms with Gasteiger partial charge in [-0.15, -0.1) is 0 Å². The van der Waals surface area contributed by atoms with E-state index in [4.69, 9.17) is 23.2 Å². The first-order valence-electron chi connectivity index (χ1n) is 9.20. The van der Waals surface area contributed by atoms with E-state index in [0.717, 1.165) is 23.2 Å². The number of rotatable bonds is 7. The number of aryl methyl sites for hydroxylation is 1. The first-order valence-corrected chi connectivity index (χ1v) is 9.95. The van der Waals surface area contributed by atoms with Crippen molar-refractivity contribution in [3.8, 4) is 0 Å². The van der Waals surface area contributed by atoms with Crippen LogP contribution in [0.2, 0.25) is 10.0 Å². The number of halogens is 2. The van der Waals surface area contributed by atoms with E-state index in [0.29, 0.717) is 10.0 Å². The second-order valence-corrected chi connectivity index (χ2v) is 7.85. The van der Waals surface area contributed by atoms with Gasteiger partial charge in [-0.25, -0.2) is 0 Å². The Morgan fingerprint density at radius 2 is 1.64 bits per heavy atom. The minimum absolute atomic E-state index is 0.0608. The molecule has 1 N–H and O–H groups in total. The zero-order chi connectivity index (χ0) is 20.1. The lowest BCUT2D eigenvalue weighted by atomic mass is 9.86. The van der Waals surface area contributed by atoms with Gasteiger partial charge in [0.25, 0.3) is 0 Å². The van der Waals surface area contributed by atoms with Crippen LogP contribution in [0.1, 0.15) is 29.7 Å². The first-order chi connectivity index (χ1) is 13.4. The van der Waals surface area contributed by atoms with Crippen LogP contribution >= 0.6 is 23.2 Å². The van der Waals surface area contributed by atoms with Crippen LogP contribution in [0.4, 0.5) is 0 Å². The van der Waals surface area contributed by atoms with E-state index in [1.165, 1.54) is 0 Å². The third-order valence-corrected chi connectivity index (χ3v) is 5.39. The quantitative estimate of drug-likeness (QED) is 0.587. The fourth-order valence-electron chi connectivity index (χ4n) is 3.27. The molecule has 0 radical (unpaired) electrons. The van der Waals surface area contributed by atoms with Crippen molar-refractivity contribution < 1.29 is 4.79 Å². The molecule has 0 bridgehead atoms. The lowest BCUT2D eigenvalue weighted by Crippen LogP contribution is -2.39. The van der Waals surface area contributed by atoms with Crippen LogP contribution in [0.15, 0.2) is 60.8 Å². The van der Waals surface area contributed by atoms with Crippen LogP contribution < -0.4 is 5.32 Å². The predicted molar refractivity (Wildman–Crippen MR) is 114 cm³/mol. The molecule has 28 heavy (non-hydrogen) atoms. The molecule has 0 aliphatic heterocycles. The van der Waals surface area contributed by atoms with E-state index in [1.807, 2.05) is 68.4 Å². The SMILES string of the molecule is Cc1ccnn1CC(=O)NC(C)C(Cc1ccc(Cl)cc1)c1ccc(Cl)cc1. The van der Waals surface area contributed by atoms with Gasteiger partial charge in [-0.2, -0.15) is 5.10 Å². The summed E-state index contributed by atoms with van der Waals surface area (Å²) in [7, 11) is 0. The van der Waals surface area contributed by atoms with Crippen LogP contribution in [0.25, 0.3) is 0 Å². The summed E-state index contributed by atoms with van der Waals surface area (Å²) in [4.78, 5) is 12.5. The van der Waals surface area contributed by atoms with Crippen molar-refractivity contribution in [3.05, 3.63) is 87.7 Å². The van der Waals surface area contributed by atoms with Crippen LogP contribution in [-0.2, 0) is 17.8 Å². The highest BCUT2D eigenvalue weighted by Gasteiger charge is 2.22. The van der Waals surface area contributed by atoms with Crippen molar-refractivity contribution >= 4 is 29.1 Å². The van der Waals surface area contributed by atoms with Crippen molar-refractivity contribution in [2.75, 3.05) is 0 Å². The molecule has 3 aromatic rings. The summed E-state index contributed by atoms with van der Waals surface area (Å²) in [6.45, 7) is 4.17. The molecule has 3 rings (SSSR count). The Labute approximate surface area is 175 Å². The van der Waals surface area contributed by atoms with Crippen LogP contribution in [-0.4, -0.2) is 21.7 Å². The molecular formula is C22H23Cl2N3O. The van der Waals surface area contributed by atoms with E-state index in [-0.39, 0.29) is 24.4 Å². The summed E-state index contributed by atoms with van der Waals surface area (Å²) in [6.07, 6.45) is 2.48. The standard InChI is InChI=1S/C22H23Cl2N3O/c1-15-11-12-25-27(15)14-22(28)26-16(2)21(18-5-9-20(24)10-6-18)13-17-3-7-19(23)8-4-17/h3-12,16,21H,13-14H2,1-2H3,(H,26,28). The maximum atomic E-state index is 12.5. The van der Waals surface area contributed by atoms with Gasteiger partial charge in [0.2, 0.25) is 5.91 Å². The molecule has 2 atom stereocenters. The zero-order valence-corrected chi connectivity index (χ0v) is 17.4. The van der Waals surface area contributed by atoms with Crippen molar-refractivity contribution in [2.45, 2.75) is 38.8 Å². The van der Waals surface area contributed by atoms with E-state index >= 15 is 0 Å². The third-order valence-electron chi connectivity index (χ3n) is 4.88. The van der Waals surface area contributed by atoms with Crippen LogP contribution in [0, 0.1) is 6.92 Å². The van der Waals surface area contributed by atoms with E-state index in [9.17, 15) is 4.79 Å². The minimum Gasteiger partial charge on any atom is -0.351 e. The van der Waals surface area contributed by atoms with Gasteiger partial charge < -0.3 is 5.32 Å². The highest BCUT2D eigenvalue weighted by atomic mass is 35.5. The van der Waals surface area contributed by atoms with Gasteiger partial charge in [0.15, 0.2) is 0 Å². The number of carbonyl (C=O) groups excluding carboxylic acids is 1. The number of carbonyl (C=O) groups is 1. The Balaban J connectivity index is 1.76. The number of amides is 1. The lowest BCUT2D eigenvalue weighted by Gasteiger charge is -2.26. The molecule has 4 nitrogen and oxygen atoms in total. The summed E-state index contributed by atoms with van der Waals surface area (Å²) in [6, 6.07) is 17.4. The van der Waals surface area contributed by atoms with E-state index in [1.54, 1.807) is 10.9 Å². The van der Waals surface area contributed by atoms with Gasteiger partial charge in [-0.3, -0.25) is 9.48 Å². The first kappa shape index (κ1) is 20.4. The molecular weight excluding hydrogens is 393 g/mol. The number of nitrogens with zero attached hydrogens (tertiary/aromatic N) is 2. The number of aromatic nitrogens is 2. The average molecular weight is 416 g/mol. The number of hydrogen-bond donors (Lipinski definition) is 1. The summed E-state index contributed by atoms with van der Waals surface area (Å²) < 4.78 is 1.69. The third kappa shape index (κ3) is 5.37. The molecule has 2 unspecified atom stereocenters. The Kier molecular flexibility index (Phi) is 6.76. The maximum Gasteiger partial charge on any atom is 0.241 e. The van der Waals surface area contributed by atoms with Crippen molar-refractivity contribution in [1.29, 1.82) is 0 Å². The van der Waals surface area contributed by atoms with Gasteiger partial charge >= 0.3 is 0 Å². The average Bonchev–Trinajstić information content (AvgIpc) is 3.06. The largest absolute Gasteiger partial charge is 0.351 e. The van der Waals surface area contributed by atoms with Crippen molar-refractivity contribution in [1.82, 2.24) is 15.1 Å². The molecule has 2 aromatic carbocycles. The number of nitrogens with one attached hydrogen (secondary N) is 1. The topological polar surface area (TPSA) is 46.9 Å². The molecule has 1 aromatic heterocycles. The summed E-state index contributed by atoms with van der Waals surface area (Å²) >= 11 is 12.1. The highest BCUT2D eigenvalue weighted by molar-refractivity contribution is 6.30. The Morgan fingerprint density at radius 3 is 2.21 bits per heavy atom. The van der Waals surface area contributed by atoms with Gasteiger partial charge in [0, 0.05) is 33.9 Å². The normalized spacial score (nSPS) is 13.1. The predicted octanol–water partition coefficient (Wildman–Crippen LogP) is 5.03. The molecule has 146 valence electrons. The molecule has 1 amide bonds. The Bertz CT molecular complexity index is 920. The van der Waals surface area contributed by atoms with Gasteiger partial charge in [-0.05, 0) is 61.7 Å². The molecule has 1 heterocycles. The van der Waals surface area contributed by atoms with Gasteiger partial charge in [0.1, 0.15) is 6.54 Å². The summed E-state index contributed by atoms with van der Waals surface area (Å²) in [5.41, 5.74) is 3.24. The van der Waals surface area contributed by atoms with E-state index < -0.39 is 0 Å². The molecule has 0 aliphatic carbocycles. The smallest absolute Gasteiger partial charge is 0.241 e. The zero-order valence-electron chi connectivity index (χ0n) is 15.9. The Hall–Kier alpha value is -2.30. The molecule has 6 heteroatoms. The van der Waals surface area contributed by atoms with Gasteiger partial charge in [0.05, 0.1) is 0 Å². The van der Waals surface area contributed by atoms with Gasteiger partial charge in [-0.1, -0.05) is 47.5 Å². The van der Waals surface area contributed by atoms with Crippen molar-refractivity contribution in [3.63, 3.8) is 0 Å². The van der Waals surface area contributed by atoms with E-state index in [2.05, 4.69) is 10.4 Å². The second-order valence-electron chi connectivity index (χ2n) is 6.98. The van der Waals surface area contributed by atoms with Crippen molar-refractivity contribution in [2.24, 2.45) is 0 Å². The monoisotopic (exact) mass is 415 g/mol. The number of benzene rings is 2. The second kappa shape index (κ2) is 9.26. The lowest BCUT2D eigenvalue weighted by molar-refractivity contribution is -0.122. The fraction of sp³-hybridized carbons (Fsp3) is 0.273. The van der Waals surface area contributed by atoms with Crippen LogP contribution in [0.3, 0.4) is 0 Å². The fourth-order valence-corrected chi connectivity index (χ4v) is 3.52. The highest BCUT2D eigenvalue weighted by Crippen LogP contribution is 2.26. The molecule has 0 saturated carbocycles. The van der Waals surface area contributed by atoms with Crippen LogP contribution in [0.5, 0.6) is 0 Å². The summed E-state index contributed by atoms with van der Waals surface area (Å²) in [5, 5.41) is 8.72. The maximum absolute atomic E-state index is 12.5. The molecule has 0 aliphatic rings. The molecule has 0 fully saturated rings. The Morgan fingerprint density at radius 1 is 1.04 bits per heavy atom. The number of hydrogen-bond acceptors (Lipinski definition) is 2.